The summed E-state index contributed by atoms with van der Waals surface area (Å²) >= 11 is 0. The number of nitrogens with zero attached hydrogens (tertiary/aromatic N) is 3. The fourth-order valence-electron chi connectivity index (χ4n) is 3.95. The number of benzene rings is 2. The molecule has 1 amide bonds. The first kappa shape index (κ1) is 24.9. The molecule has 0 fully saturated rings. The van der Waals surface area contributed by atoms with Crippen LogP contribution in [0.3, 0.4) is 0 Å². The van der Waals surface area contributed by atoms with Gasteiger partial charge in [-0.2, -0.15) is 0 Å². The molecule has 0 bridgehead atoms. The molecule has 0 radical (unpaired) electrons. The van der Waals surface area contributed by atoms with Crippen molar-refractivity contribution in [1.29, 1.82) is 0 Å². The van der Waals surface area contributed by atoms with Gasteiger partial charge in [0.05, 0.1) is 20.8 Å². The van der Waals surface area contributed by atoms with Crippen molar-refractivity contribution in [2.24, 2.45) is 0 Å². The van der Waals surface area contributed by atoms with E-state index in [4.69, 9.17) is 13.9 Å². The van der Waals surface area contributed by atoms with E-state index in [-0.39, 0.29) is 11.6 Å². The van der Waals surface area contributed by atoms with E-state index < -0.39 is 0 Å². The molecule has 0 spiro atoms. The first-order valence-corrected chi connectivity index (χ1v) is 11.7. The van der Waals surface area contributed by atoms with Gasteiger partial charge in [0.2, 0.25) is 5.89 Å². The third-order valence-corrected chi connectivity index (χ3v) is 5.66. The molecule has 0 aliphatic carbocycles. The number of methoxy groups -OCH3 is 2. The largest absolute Gasteiger partial charge is 0.493 e. The monoisotopic (exact) mass is 486 g/mol. The van der Waals surface area contributed by atoms with Crippen molar-refractivity contribution in [3.8, 4) is 11.5 Å². The molecule has 0 unspecified atom stereocenters. The van der Waals surface area contributed by atoms with Crippen molar-refractivity contribution in [3.63, 3.8) is 0 Å². The van der Waals surface area contributed by atoms with E-state index in [2.05, 4.69) is 32.3 Å². The summed E-state index contributed by atoms with van der Waals surface area (Å²) in [5.74, 6) is 1.56. The minimum atomic E-state index is -0.273. The Morgan fingerprint density at radius 1 is 0.944 bits per heavy atom. The van der Waals surface area contributed by atoms with Gasteiger partial charge in [0.25, 0.3) is 5.91 Å². The SMILES string of the molecule is COc1cccc(CN(Cc2ccccc2)Cc2nc(C(=O)NCCc3ccccn3)co2)c1OC. The number of amides is 1. The van der Waals surface area contributed by atoms with Crippen LogP contribution in [-0.4, -0.2) is 41.5 Å². The Balaban J connectivity index is 1.44. The fraction of sp³-hybridized carbons (Fsp3) is 0.250. The molecule has 8 heteroatoms. The van der Waals surface area contributed by atoms with Crippen LogP contribution >= 0.6 is 0 Å². The molecular formula is C28H30N4O4. The molecule has 4 aromatic rings. The third kappa shape index (κ3) is 6.70. The highest BCUT2D eigenvalue weighted by molar-refractivity contribution is 5.91. The van der Waals surface area contributed by atoms with E-state index in [1.807, 2.05) is 54.6 Å². The van der Waals surface area contributed by atoms with Gasteiger partial charge in [-0.15, -0.1) is 0 Å². The third-order valence-electron chi connectivity index (χ3n) is 5.66. The lowest BCUT2D eigenvalue weighted by atomic mass is 10.1. The average molecular weight is 487 g/mol. The summed E-state index contributed by atoms with van der Waals surface area (Å²) in [6, 6.07) is 21.7. The topological polar surface area (TPSA) is 89.7 Å². The molecule has 2 aromatic heterocycles. The molecule has 2 heterocycles. The van der Waals surface area contributed by atoms with E-state index >= 15 is 0 Å². The van der Waals surface area contributed by atoms with Crippen LogP contribution in [0.4, 0.5) is 0 Å². The Kier molecular flexibility index (Phi) is 8.67. The maximum Gasteiger partial charge on any atom is 0.273 e. The zero-order chi connectivity index (χ0) is 25.2. The fourth-order valence-corrected chi connectivity index (χ4v) is 3.95. The Hall–Kier alpha value is -4.17. The zero-order valence-electron chi connectivity index (χ0n) is 20.5. The van der Waals surface area contributed by atoms with Gasteiger partial charge in [-0.25, -0.2) is 4.98 Å². The maximum atomic E-state index is 12.6. The minimum absolute atomic E-state index is 0.254. The maximum absolute atomic E-state index is 12.6. The summed E-state index contributed by atoms with van der Waals surface area (Å²) in [6.45, 7) is 2.11. The standard InChI is InChI=1S/C28H30N4O4/c1-34-25-13-8-11-22(27(25)35-2)18-32(17-21-9-4-3-5-10-21)19-26-31-24(20-36-26)28(33)30-16-14-23-12-6-7-15-29-23/h3-13,15,20H,14,16-19H2,1-2H3,(H,30,33). The van der Waals surface area contributed by atoms with Crippen molar-refractivity contribution in [1.82, 2.24) is 20.2 Å². The lowest BCUT2D eigenvalue weighted by Crippen LogP contribution is -2.26. The van der Waals surface area contributed by atoms with E-state index in [9.17, 15) is 4.79 Å². The van der Waals surface area contributed by atoms with Gasteiger partial charge in [0, 0.05) is 43.5 Å². The Morgan fingerprint density at radius 2 is 1.78 bits per heavy atom. The first-order valence-electron chi connectivity index (χ1n) is 11.7. The molecule has 0 saturated carbocycles. The van der Waals surface area contributed by atoms with Crippen LogP contribution in [0.25, 0.3) is 0 Å². The molecule has 4 rings (SSSR count). The second-order valence-corrected chi connectivity index (χ2v) is 8.24. The van der Waals surface area contributed by atoms with Gasteiger partial charge >= 0.3 is 0 Å². The first-order chi connectivity index (χ1) is 17.7. The Labute approximate surface area is 210 Å². The van der Waals surface area contributed by atoms with Gasteiger partial charge in [-0.1, -0.05) is 48.5 Å². The van der Waals surface area contributed by atoms with Crippen LogP contribution in [0, 0.1) is 0 Å². The van der Waals surface area contributed by atoms with Gasteiger partial charge < -0.3 is 19.2 Å². The lowest BCUT2D eigenvalue weighted by Gasteiger charge is -2.23. The number of carbonyl (C=O) groups excluding carboxylic acids is 1. The predicted octanol–water partition coefficient (Wildman–Crippen LogP) is 4.26. The zero-order valence-corrected chi connectivity index (χ0v) is 20.5. The second kappa shape index (κ2) is 12.5. The van der Waals surface area contributed by atoms with Crippen LogP contribution < -0.4 is 14.8 Å². The number of pyridine rings is 1. The van der Waals surface area contributed by atoms with Crippen LogP contribution in [0.2, 0.25) is 0 Å². The Bertz CT molecular complexity index is 1240. The summed E-state index contributed by atoms with van der Waals surface area (Å²) in [5, 5.41) is 2.88. The molecule has 0 saturated heterocycles. The molecule has 0 aliphatic heterocycles. The number of hydrogen-bond donors (Lipinski definition) is 1. The van der Waals surface area contributed by atoms with Crippen molar-refractivity contribution >= 4 is 5.91 Å². The minimum Gasteiger partial charge on any atom is -0.493 e. The summed E-state index contributed by atoms with van der Waals surface area (Å²) in [6.07, 6.45) is 3.78. The number of aromatic nitrogens is 2. The van der Waals surface area contributed by atoms with Crippen molar-refractivity contribution in [2.45, 2.75) is 26.1 Å². The molecular weight excluding hydrogens is 456 g/mol. The lowest BCUT2D eigenvalue weighted by molar-refractivity contribution is 0.0949. The highest BCUT2D eigenvalue weighted by Crippen LogP contribution is 2.32. The molecule has 1 N–H and O–H groups in total. The van der Waals surface area contributed by atoms with Gasteiger partial charge in [0.1, 0.15) is 6.26 Å². The Morgan fingerprint density at radius 3 is 2.53 bits per heavy atom. The molecule has 0 aliphatic rings. The predicted molar refractivity (Wildman–Crippen MR) is 136 cm³/mol. The van der Waals surface area contributed by atoms with Crippen molar-refractivity contribution < 1.29 is 18.7 Å². The number of para-hydroxylation sites is 1. The van der Waals surface area contributed by atoms with Crippen LogP contribution in [0.1, 0.15) is 33.2 Å². The summed E-state index contributed by atoms with van der Waals surface area (Å²) in [5.41, 5.74) is 3.30. The average Bonchev–Trinajstić information content (AvgIpc) is 3.38. The molecule has 8 nitrogen and oxygen atoms in total. The number of carbonyl (C=O) groups is 1. The highest BCUT2D eigenvalue weighted by atomic mass is 16.5. The highest BCUT2D eigenvalue weighted by Gasteiger charge is 2.18. The van der Waals surface area contributed by atoms with E-state index in [1.54, 1.807) is 20.4 Å². The smallest absolute Gasteiger partial charge is 0.273 e. The molecule has 36 heavy (non-hydrogen) atoms. The summed E-state index contributed by atoms with van der Waals surface area (Å²) < 4.78 is 16.8. The van der Waals surface area contributed by atoms with Crippen LogP contribution in [-0.2, 0) is 26.1 Å². The molecule has 0 atom stereocenters. The van der Waals surface area contributed by atoms with Crippen molar-refractivity contribution in [3.05, 3.63) is 108 Å². The van der Waals surface area contributed by atoms with E-state index in [0.29, 0.717) is 50.0 Å². The number of rotatable bonds is 12. The van der Waals surface area contributed by atoms with E-state index in [0.717, 1.165) is 16.8 Å². The van der Waals surface area contributed by atoms with Gasteiger partial charge in [0.15, 0.2) is 17.2 Å². The normalized spacial score (nSPS) is 10.9. The van der Waals surface area contributed by atoms with E-state index in [1.165, 1.54) is 6.26 Å². The quantitative estimate of drug-likeness (QED) is 0.320. The summed E-state index contributed by atoms with van der Waals surface area (Å²) in [7, 11) is 3.26. The second-order valence-electron chi connectivity index (χ2n) is 8.24. The number of hydrogen-bond acceptors (Lipinski definition) is 7. The van der Waals surface area contributed by atoms with Gasteiger partial charge in [-0.3, -0.25) is 14.7 Å². The number of nitrogens with one attached hydrogen (secondary N) is 1. The number of ether oxygens (including phenoxy) is 2. The van der Waals surface area contributed by atoms with Crippen LogP contribution in [0.5, 0.6) is 11.5 Å². The summed E-state index contributed by atoms with van der Waals surface area (Å²) in [4.78, 5) is 23.5. The number of oxazole rings is 1. The van der Waals surface area contributed by atoms with Crippen molar-refractivity contribution in [2.75, 3.05) is 20.8 Å². The van der Waals surface area contributed by atoms with Crippen LogP contribution in [0.15, 0.2) is 83.6 Å². The molecule has 186 valence electrons. The molecule has 2 aromatic carbocycles. The van der Waals surface area contributed by atoms with Gasteiger partial charge in [-0.05, 0) is 23.8 Å².